The molecule has 24 heavy (non-hydrogen) atoms. The van der Waals surface area contributed by atoms with Crippen LogP contribution in [0.5, 0.6) is 0 Å². The molecule has 1 atom stereocenters. The third-order valence-corrected chi connectivity index (χ3v) is 5.40. The van der Waals surface area contributed by atoms with Crippen LogP contribution in [0.4, 0.5) is 0 Å². The van der Waals surface area contributed by atoms with Crippen LogP contribution in [0.2, 0.25) is 5.02 Å². The molecule has 6 heteroatoms. The molecule has 1 aromatic carbocycles. The highest BCUT2D eigenvalue weighted by Crippen LogP contribution is 2.20. The number of nitrogens with zero attached hydrogens (tertiary/aromatic N) is 1. The molecule has 1 aliphatic heterocycles. The standard InChI is InChI=1S/C18H21ClN2O2S/c19-14-4-1-3-13(11-14)17(22)18(23)20-15-6-8-21(9-7-15)12-16-5-2-10-24-16/h1-5,10-11,15,17,22H,6-9,12H2,(H,20,23). The number of aliphatic hydroxyl groups is 1. The Kier molecular flexibility index (Phi) is 5.89. The van der Waals surface area contributed by atoms with Crippen molar-refractivity contribution in [3.63, 3.8) is 0 Å². The highest BCUT2D eigenvalue weighted by Gasteiger charge is 2.24. The number of hydrogen-bond donors (Lipinski definition) is 2. The van der Waals surface area contributed by atoms with E-state index < -0.39 is 6.10 Å². The van der Waals surface area contributed by atoms with E-state index in [1.54, 1.807) is 35.6 Å². The summed E-state index contributed by atoms with van der Waals surface area (Å²) in [7, 11) is 0. The van der Waals surface area contributed by atoms with Gasteiger partial charge in [-0.05, 0) is 42.0 Å². The number of nitrogens with one attached hydrogen (secondary N) is 1. The zero-order chi connectivity index (χ0) is 16.9. The summed E-state index contributed by atoms with van der Waals surface area (Å²) in [5, 5.41) is 15.8. The van der Waals surface area contributed by atoms with Gasteiger partial charge in [-0.2, -0.15) is 0 Å². The number of halogens is 1. The number of carbonyl (C=O) groups is 1. The summed E-state index contributed by atoms with van der Waals surface area (Å²) in [6, 6.07) is 11.1. The summed E-state index contributed by atoms with van der Waals surface area (Å²) in [4.78, 5) is 16.0. The van der Waals surface area contributed by atoms with E-state index in [4.69, 9.17) is 11.6 Å². The van der Waals surface area contributed by atoms with Crippen LogP contribution in [0.3, 0.4) is 0 Å². The van der Waals surface area contributed by atoms with Crippen LogP contribution in [0, 0.1) is 0 Å². The van der Waals surface area contributed by atoms with Gasteiger partial charge in [0.1, 0.15) is 0 Å². The number of hydrogen-bond acceptors (Lipinski definition) is 4. The first kappa shape index (κ1) is 17.4. The van der Waals surface area contributed by atoms with Crippen molar-refractivity contribution < 1.29 is 9.90 Å². The summed E-state index contributed by atoms with van der Waals surface area (Å²) < 4.78 is 0. The highest BCUT2D eigenvalue weighted by atomic mass is 35.5. The van der Waals surface area contributed by atoms with E-state index >= 15 is 0 Å². The van der Waals surface area contributed by atoms with Gasteiger partial charge in [-0.3, -0.25) is 9.69 Å². The lowest BCUT2D eigenvalue weighted by Gasteiger charge is -2.32. The molecule has 1 aliphatic rings. The lowest BCUT2D eigenvalue weighted by Crippen LogP contribution is -2.45. The summed E-state index contributed by atoms with van der Waals surface area (Å²) in [6.07, 6.45) is 0.631. The Morgan fingerprint density at radius 1 is 1.33 bits per heavy atom. The van der Waals surface area contributed by atoms with Crippen LogP contribution in [-0.2, 0) is 11.3 Å². The van der Waals surface area contributed by atoms with Crippen LogP contribution in [0.15, 0.2) is 41.8 Å². The first-order chi connectivity index (χ1) is 11.6. The second-order valence-electron chi connectivity index (χ2n) is 6.10. The van der Waals surface area contributed by atoms with E-state index in [-0.39, 0.29) is 11.9 Å². The van der Waals surface area contributed by atoms with Crippen LogP contribution >= 0.6 is 22.9 Å². The van der Waals surface area contributed by atoms with Crippen molar-refractivity contribution in [2.45, 2.75) is 31.5 Å². The van der Waals surface area contributed by atoms with Gasteiger partial charge in [0, 0.05) is 35.6 Å². The average Bonchev–Trinajstić information content (AvgIpc) is 3.09. The van der Waals surface area contributed by atoms with E-state index in [0.29, 0.717) is 10.6 Å². The average molecular weight is 365 g/mol. The molecule has 4 nitrogen and oxygen atoms in total. The van der Waals surface area contributed by atoms with Gasteiger partial charge in [0.2, 0.25) is 0 Å². The topological polar surface area (TPSA) is 52.6 Å². The molecule has 0 aliphatic carbocycles. The molecule has 0 radical (unpaired) electrons. The van der Waals surface area contributed by atoms with Crippen LogP contribution in [-0.4, -0.2) is 35.0 Å². The molecule has 1 saturated heterocycles. The Bertz CT molecular complexity index is 669. The number of piperidine rings is 1. The molecule has 2 N–H and O–H groups in total. The summed E-state index contributed by atoms with van der Waals surface area (Å²) in [5.74, 6) is -0.353. The molecule has 2 heterocycles. The Morgan fingerprint density at radius 2 is 2.12 bits per heavy atom. The van der Waals surface area contributed by atoms with E-state index in [0.717, 1.165) is 32.5 Å². The molecule has 0 spiro atoms. The summed E-state index contributed by atoms with van der Waals surface area (Å²) in [5.41, 5.74) is 0.523. The summed E-state index contributed by atoms with van der Waals surface area (Å²) >= 11 is 7.69. The minimum Gasteiger partial charge on any atom is -0.378 e. The number of carbonyl (C=O) groups excluding carboxylic acids is 1. The Morgan fingerprint density at radius 3 is 2.79 bits per heavy atom. The van der Waals surface area contributed by atoms with E-state index in [2.05, 4.69) is 27.7 Å². The fourth-order valence-electron chi connectivity index (χ4n) is 2.97. The first-order valence-electron chi connectivity index (χ1n) is 8.10. The first-order valence-corrected chi connectivity index (χ1v) is 9.36. The molecule has 1 fully saturated rings. The monoisotopic (exact) mass is 364 g/mol. The largest absolute Gasteiger partial charge is 0.378 e. The van der Waals surface area contributed by atoms with Crippen molar-refractivity contribution >= 4 is 28.8 Å². The van der Waals surface area contributed by atoms with Gasteiger partial charge in [0.25, 0.3) is 5.91 Å². The van der Waals surface area contributed by atoms with Crippen molar-refractivity contribution in [2.24, 2.45) is 0 Å². The lowest BCUT2D eigenvalue weighted by molar-refractivity contribution is -0.130. The number of rotatable bonds is 5. The van der Waals surface area contributed by atoms with Gasteiger partial charge in [-0.1, -0.05) is 29.8 Å². The zero-order valence-corrected chi connectivity index (χ0v) is 14.9. The van der Waals surface area contributed by atoms with Gasteiger partial charge in [0.05, 0.1) is 0 Å². The normalized spacial score (nSPS) is 17.6. The maximum absolute atomic E-state index is 12.2. The van der Waals surface area contributed by atoms with Crippen molar-refractivity contribution in [3.8, 4) is 0 Å². The smallest absolute Gasteiger partial charge is 0.253 e. The summed E-state index contributed by atoms with van der Waals surface area (Å²) in [6.45, 7) is 2.88. The fraction of sp³-hybridized carbons (Fsp3) is 0.389. The maximum atomic E-state index is 12.2. The molecule has 1 amide bonds. The Labute approximate surface area is 151 Å². The van der Waals surface area contributed by atoms with Crippen molar-refractivity contribution in [3.05, 3.63) is 57.2 Å². The maximum Gasteiger partial charge on any atom is 0.253 e. The van der Waals surface area contributed by atoms with Gasteiger partial charge < -0.3 is 10.4 Å². The number of amides is 1. The van der Waals surface area contributed by atoms with E-state index in [1.165, 1.54) is 4.88 Å². The fourth-order valence-corrected chi connectivity index (χ4v) is 3.91. The zero-order valence-electron chi connectivity index (χ0n) is 13.3. The molecule has 1 aromatic heterocycles. The van der Waals surface area contributed by atoms with Gasteiger partial charge in [-0.15, -0.1) is 11.3 Å². The highest BCUT2D eigenvalue weighted by molar-refractivity contribution is 7.09. The molecular weight excluding hydrogens is 344 g/mol. The van der Waals surface area contributed by atoms with Crippen LogP contribution < -0.4 is 5.32 Å². The number of likely N-dealkylation sites (tertiary alicyclic amines) is 1. The molecule has 2 aromatic rings. The third-order valence-electron chi connectivity index (χ3n) is 4.31. The molecule has 0 bridgehead atoms. The number of thiophene rings is 1. The minimum atomic E-state index is -1.17. The Balaban J connectivity index is 1.47. The van der Waals surface area contributed by atoms with Gasteiger partial charge in [0.15, 0.2) is 6.10 Å². The van der Waals surface area contributed by atoms with Crippen molar-refractivity contribution in [2.75, 3.05) is 13.1 Å². The van der Waals surface area contributed by atoms with E-state index in [9.17, 15) is 9.90 Å². The van der Waals surface area contributed by atoms with Gasteiger partial charge >= 0.3 is 0 Å². The SMILES string of the molecule is O=C(NC1CCN(Cc2cccs2)CC1)C(O)c1cccc(Cl)c1. The number of aliphatic hydroxyl groups excluding tert-OH is 1. The van der Waals surface area contributed by atoms with Crippen LogP contribution in [0.1, 0.15) is 29.4 Å². The van der Waals surface area contributed by atoms with Crippen LogP contribution in [0.25, 0.3) is 0 Å². The predicted molar refractivity (Wildman–Crippen MR) is 97.2 cm³/mol. The second-order valence-corrected chi connectivity index (χ2v) is 7.56. The number of benzene rings is 1. The predicted octanol–water partition coefficient (Wildman–Crippen LogP) is 3.22. The molecular formula is C18H21ClN2O2S. The van der Waals surface area contributed by atoms with Gasteiger partial charge in [-0.25, -0.2) is 0 Å². The molecule has 128 valence electrons. The van der Waals surface area contributed by atoms with E-state index in [1.807, 2.05) is 0 Å². The van der Waals surface area contributed by atoms with Crippen molar-refractivity contribution in [1.29, 1.82) is 0 Å². The Hall–Kier alpha value is -1.40. The molecule has 0 saturated carbocycles. The third kappa shape index (κ3) is 4.57. The quantitative estimate of drug-likeness (QED) is 0.856. The second kappa shape index (κ2) is 8.12. The molecule has 1 unspecified atom stereocenters. The minimum absolute atomic E-state index is 0.117. The molecule has 3 rings (SSSR count). The lowest BCUT2D eigenvalue weighted by atomic mass is 10.0. The van der Waals surface area contributed by atoms with Crippen molar-refractivity contribution in [1.82, 2.24) is 10.2 Å².